The Morgan fingerprint density at radius 1 is 1.06 bits per heavy atom. The summed E-state index contributed by atoms with van der Waals surface area (Å²) in [5.74, 6) is 0.905. The summed E-state index contributed by atoms with van der Waals surface area (Å²) in [5.41, 5.74) is 2.83. The van der Waals surface area contributed by atoms with Gasteiger partial charge in [0, 0.05) is 9.75 Å². The Labute approximate surface area is 113 Å². The van der Waals surface area contributed by atoms with Gasteiger partial charge in [0.2, 0.25) is 0 Å². The summed E-state index contributed by atoms with van der Waals surface area (Å²) >= 11 is 1.89. The Hall–Kier alpha value is -1.28. The summed E-state index contributed by atoms with van der Waals surface area (Å²) < 4.78 is 5.20. The van der Waals surface area contributed by atoms with Crippen molar-refractivity contribution in [3.05, 3.63) is 40.1 Å². The van der Waals surface area contributed by atoms with E-state index in [0.717, 1.165) is 5.75 Å². The molecule has 0 bridgehead atoms. The van der Waals surface area contributed by atoms with Crippen LogP contribution in [0.3, 0.4) is 0 Å². The predicted molar refractivity (Wildman–Crippen MR) is 79.7 cm³/mol. The number of hydrogen-bond acceptors (Lipinski definition) is 2. The molecule has 0 radical (unpaired) electrons. The Kier molecular flexibility index (Phi) is 3.49. The molecule has 2 heteroatoms. The second-order valence-electron chi connectivity index (χ2n) is 5.56. The van der Waals surface area contributed by atoms with Gasteiger partial charge in [-0.15, -0.1) is 11.3 Å². The van der Waals surface area contributed by atoms with Crippen LogP contribution in [0, 0.1) is 6.92 Å². The normalized spacial score (nSPS) is 11.6. The fourth-order valence-electron chi connectivity index (χ4n) is 1.91. The molecule has 0 saturated heterocycles. The van der Waals surface area contributed by atoms with Crippen LogP contribution in [0.4, 0.5) is 0 Å². The maximum atomic E-state index is 5.20. The van der Waals surface area contributed by atoms with Crippen LogP contribution in [0.2, 0.25) is 0 Å². The van der Waals surface area contributed by atoms with E-state index in [-0.39, 0.29) is 5.41 Å². The number of rotatable bonds is 2. The molecule has 0 fully saturated rings. The summed E-state index contributed by atoms with van der Waals surface area (Å²) in [6, 6.07) is 10.6. The molecule has 1 heterocycles. The minimum Gasteiger partial charge on any atom is -0.497 e. The Balaban J connectivity index is 2.41. The van der Waals surface area contributed by atoms with Crippen LogP contribution in [-0.4, -0.2) is 7.11 Å². The minimum absolute atomic E-state index is 0.222. The van der Waals surface area contributed by atoms with Gasteiger partial charge >= 0.3 is 0 Å². The van der Waals surface area contributed by atoms with E-state index in [2.05, 4.69) is 45.9 Å². The van der Waals surface area contributed by atoms with E-state index < -0.39 is 0 Å². The minimum atomic E-state index is 0.222. The van der Waals surface area contributed by atoms with Crippen LogP contribution in [0.5, 0.6) is 5.75 Å². The molecule has 1 aromatic carbocycles. The maximum Gasteiger partial charge on any atom is 0.118 e. The van der Waals surface area contributed by atoms with Crippen molar-refractivity contribution in [2.75, 3.05) is 7.11 Å². The van der Waals surface area contributed by atoms with Gasteiger partial charge in [-0.3, -0.25) is 0 Å². The number of methoxy groups -OCH3 is 1. The molecule has 0 aliphatic rings. The van der Waals surface area contributed by atoms with Crippen molar-refractivity contribution in [2.45, 2.75) is 33.1 Å². The van der Waals surface area contributed by atoms with Gasteiger partial charge in [0.1, 0.15) is 5.75 Å². The topological polar surface area (TPSA) is 9.23 Å². The molecule has 0 spiro atoms. The molecule has 0 aliphatic carbocycles. The molecule has 1 aromatic heterocycles. The highest BCUT2D eigenvalue weighted by Crippen LogP contribution is 2.37. The molecule has 0 saturated carbocycles. The molecule has 96 valence electrons. The van der Waals surface area contributed by atoms with E-state index >= 15 is 0 Å². The zero-order chi connectivity index (χ0) is 13.3. The zero-order valence-electron chi connectivity index (χ0n) is 11.7. The van der Waals surface area contributed by atoms with E-state index in [1.807, 2.05) is 23.5 Å². The fourth-order valence-corrected chi connectivity index (χ4v) is 3.01. The van der Waals surface area contributed by atoms with E-state index in [1.165, 1.54) is 20.9 Å². The molecule has 0 atom stereocenters. The van der Waals surface area contributed by atoms with Gasteiger partial charge in [0.15, 0.2) is 0 Å². The predicted octanol–water partition coefficient (Wildman–Crippen LogP) is 5.03. The van der Waals surface area contributed by atoms with E-state index in [1.54, 1.807) is 7.11 Å². The highest BCUT2D eigenvalue weighted by molar-refractivity contribution is 7.12. The Bertz CT molecular complexity index is 529. The van der Waals surface area contributed by atoms with Gasteiger partial charge in [-0.25, -0.2) is 0 Å². The van der Waals surface area contributed by atoms with Crippen molar-refractivity contribution >= 4 is 11.3 Å². The quantitative estimate of drug-likeness (QED) is 0.736. The summed E-state index contributed by atoms with van der Waals surface area (Å²) in [7, 11) is 1.70. The summed E-state index contributed by atoms with van der Waals surface area (Å²) in [5, 5.41) is 0. The number of ether oxygens (including phenoxy) is 1. The van der Waals surface area contributed by atoms with Crippen molar-refractivity contribution in [1.82, 2.24) is 0 Å². The first kappa shape index (κ1) is 13.2. The number of aryl methyl sites for hydroxylation is 1. The van der Waals surface area contributed by atoms with Gasteiger partial charge in [0.25, 0.3) is 0 Å². The van der Waals surface area contributed by atoms with E-state index in [0.29, 0.717) is 0 Å². The first-order chi connectivity index (χ1) is 8.41. The van der Waals surface area contributed by atoms with Gasteiger partial charge < -0.3 is 4.74 Å². The average Bonchev–Trinajstić information content (AvgIpc) is 2.71. The van der Waals surface area contributed by atoms with Crippen LogP contribution in [0.15, 0.2) is 30.3 Å². The summed E-state index contributed by atoms with van der Waals surface area (Å²) in [4.78, 5) is 2.82. The smallest absolute Gasteiger partial charge is 0.118 e. The monoisotopic (exact) mass is 260 g/mol. The second kappa shape index (κ2) is 4.77. The lowest BCUT2D eigenvalue weighted by Crippen LogP contribution is -2.07. The van der Waals surface area contributed by atoms with Crippen molar-refractivity contribution in [3.63, 3.8) is 0 Å². The molecule has 2 aromatic rings. The molecular weight excluding hydrogens is 240 g/mol. The molecule has 0 N–H and O–H groups in total. The highest BCUT2D eigenvalue weighted by atomic mass is 32.1. The first-order valence-corrected chi connectivity index (χ1v) is 6.99. The van der Waals surface area contributed by atoms with Crippen molar-refractivity contribution in [2.24, 2.45) is 0 Å². The molecule has 0 amide bonds. The third-order valence-corrected chi connectivity index (χ3v) is 4.53. The lowest BCUT2D eigenvalue weighted by molar-refractivity contribution is 0.415. The first-order valence-electron chi connectivity index (χ1n) is 6.17. The zero-order valence-corrected chi connectivity index (χ0v) is 12.5. The number of thiophene rings is 1. The van der Waals surface area contributed by atoms with Crippen LogP contribution in [0.1, 0.15) is 30.5 Å². The van der Waals surface area contributed by atoms with E-state index in [9.17, 15) is 0 Å². The second-order valence-corrected chi connectivity index (χ2v) is 6.82. The summed E-state index contributed by atoms with van der Waals surface area (Å²) in [6.07, 6.45) is 0. The highest BCUT2D eigenvalue weighted by Gasteiger charge is 2.18. The summed E-state index contributed by atoms with van der Waals surface area (Å²) in [6.45, 7) is 8.97. The molecule has 0 unspecified atom stereocenters. The van der Waals surface area contributed by atoms with Gasteiger partial charge in [0.05, 0.1) is 7.11 Å². The fraction of sp³-hybridized carbons (Fsp3) is 0.375. The van der Waals surface area contributed by atoms with Crippen LogP contribution in [-0.2, 0) is 5.41 Å². The van der Waals surface area contributed by atoms with Crippen LogP contribution >= 0.6 is 11.3 Å². The number of benzene rings is 1. The molecule has 1 nitrogen and oxygen atoms in total. The third kappa shape index (κ3) is 2.59. The van der Waals surface area contributed by atoms with Crippen molar-refractivity contribution < 1.29 is 4.74 Å². The largest absolute Gasteiger partial charge is 0.497 e. The van der Waals surface area contributed by atoms with Gasteiger partial charge in [-0.1, -0.05) is 32.9 Å². The molecule has 0 aliphatic heterocycles. The lowest BCUT2D eigenvalue weighted by Gasteiger charge is -2.15. The Morgan fingerprint density at radius 3 is 2.11 bits per heavy atom. The maximum absolute atomic E-state index is 5.20. The lowest BCUT2D eigenvalue weighted by atomic mass is 9.93. The number of hydrogen-bond donors (Lipinski definition) is 0. The van der Waals surface area contributed by atoms with E-state index in [4.69, 9.17) is 4.74 Å². The van der Waals surface area contributed by atoms with Gasteiger partial charge in [-0.2, -0.15) is 0 Å². The van der Waals surface area contributed by atoms with Crippen molar-refractivity contribution in [3.8, 4) is 16.9 Å². The SMILES string of the molecule is COc1ccc(-c2cc(C(C)(C)C)sc2C)cc1. The van der Waals surface area contributed by atoms with Gasteiger partial charge in [-0.05, 0) is 41.7 Å². The average molecular weight is 260 g/mol. The molecule has 18 heavy (non-hydrogen) atoms. The molecular formula is C16H20OS. The molecule has 2 rings (SSSR count). The van der Waals surface area contributed by atoms with Crippen LogP contribution in [0.25, 0.3) is 11.1 Å². The Morgan fingerprint density at radius 2 is 1.67 bits per heavy atom. The third-order valence-electron chi connectivity index (χ3n) is 3.06. The standard InChI is InChI=1S/C16H20OS/c1-11-14(10-15(18-11)16(2,3)4)12-6-8-13(17-5)9-7-12/h6-10H,1-5H3. The van der Waals surface area contributed by atoms with Crippen molar-refractivity contribution in [1.29, 1.82) is 0 Å². The van der Waals surface area contributed by atoms with Crippen LogP contribution < -0.4 is 4.74 Å².